The molecule has 1 aliphatic rings. The third kappa shape index (κ3) is 5.77. The van der Waals surface area contributed by atoms with Crippen molar-refractivity contribution in [1.82, 2.24) is 4.57 Å². The van der Waals surface area contributed by atoms with Crippen LogP contribution >= 0.6 is 43.2 Å². The average Bonchev–Trinajstić information content (AvgIpc) is 3.30. The summed E-state index contributed by atoms with van der Waals surface area (Å²) < 4.78 is 15.2. The number of carbonyl (C=O) groups excluding carboxylic acids is 1. The smallest absolute Gasteiger partial charge is 0.338 e. The Bertz CT molecular complexity index is 2060. The van der Waals surface area contributed by atoms with Crippen LogP contribution in [0.25, 0.3) is 16.8 Å². The van der Waals surface area contributed by atoms with Crippen molar-refractivity contribution < 1.29 is 14.3 Å². The summed E-state index contributed by atoms with van der Waals surface area (Å²) in [5.41, 5.74) is 3.38. The number of hydrogen-bond acceptors (Lipinski definition) is 6. The monoisotopic (exact) mass is 716 g/mol. The molecule has 0 amide bonds. The Kier molecular flexibility index (Phi) is 8.47. The number of benzene rings is 4. The second-order valence-corrected chi connectivity index (χ2v) is 12.7. The molecule has 0 spiro atoms. The number of ether oxygens (including phenoxy) is 2. The molecule has 0 radical (unpaired) electrons. The molecule has 0 bridgehead atoms. The van der Waals surface area contributed by atoms with Crippen molar-refractivity contribution in [1.29, 1.82) is 0 Å². The summed E-state index contributed by atoms with van der Waals surface area (Å²) >= 11 is 8.57. The second kappa shape index (κ2) is 12.4. The molecule has 0 N–H and O–H groups in total. The third-order valence-corrected chi connectivity index (χ3v) is 9.34. The minimum Gasteiger partial charge on any atom is -0.487 e. The Hall–Kier alpha value is -3.79. The molecule has 6 nitrogen and oxygen atoms in total. The van der Waals surface area contributed by atoms with Crippen LogP contribution in [-0.4, -0.2) is 17.1 Å². The lowest BCUT2D eigenvalue weighted by molar-refractivity contribution is -0.139. The van der Waals surface area contributed by atoms with Crippen LogP contribution in [0.3, 0.4) is 0 Å². The van der Waals surface area contributed by atoms with Gasteiger partial charge in [0.2, 0.25) is 0 Å². The van der Waals surface area contributed by atoms with E-state index in [0.717, 1.165) is 36.4 Å². The van der Waals surface area contributed by atoms with Gasteiger partial charge in [-0.05, 0) is 91.4 Å². The molecule has 6 rings (SSSR count). The van der Waals surface area contributed by atoms with Crippen molar-refractivity contribution in [3.05, 3.63) is 142 Å². The molecular formula is C34H26Br2N2O4S. The minimum absolute atomic E-state index is 0.219. The highest BCUT2D eigenvalue weighted by Crippen LogP contribution is 2.36. The number of allylic oxidation sites excluding steroid dienone is 1. The van der Waals surface area contributed by atoms with Crippen molar-refractivity contribution in [3.8, 4) is 5.75 Å². The van der Waals surface area contributed by atoms with E-state index in [1.165, 1.54) is 11.3 Å². The fourth-order valence-electron chi connectivity index (χ4n) is 5.26. The fraction of sp³-hybridized carbons (Fsp3) is 0.147. The average molecular weight is 718 g/mol. The lowest BCUT2D eigenvalue weighted by Gasteiger charge is -2.25. The maximum Gasteiger partial charge on any atom is 0.338 e. The molecule has 0 saturated carbocycles. The Labute approximate surface area is 268 Å². The summed E-state index contributed by atoms with van der Waals surface area (Å²) in [5.74, 6) is 0.197. The summed E-state index contributed by atoms with van der Waals surface area (Å²) in [7, 11) is 0. The van der Waals surface area contributed by atoms with Crippen molar-refractivity contribution in [2.75, 3.05) is 6.61 Å². The number of carbonyl (C=O) groups is 1. The fourth-order valence-corrected chi connectivity index (χ4v) is 7.75. The summed E-state index contributed by atoms with van der Waals surface area (Å²) in [5, 5.41) is 1.98. The van der Waals surface area contributed by atoms with Crippen LogP contribution in [0.4, 0.5) is 0 Å². The molecule has 0 fully saturated rings. The van der Waals surface area contributed by atoms with Gasteiger partial charge in [0.1, 0.15) is 12.4 Å². The van der Waals surface area contributed by atoms with E-state index in [4.69, 9.17) is 14.5 Å². The van der Waals surface area contributed by atoms with Crippen LogP contribution in [0.2, 0.25) is 0 Å². The topological polar surface area (TPSA) is 69.9 Å². The first-order valence-corrected chi connectivity index (χ1v) is 16.1. The lowest BCUT2D eigenvalue weighted by atomic mass is 9.91. The highest BCUT2D eigenvalue weighted by molar-refractivity contribution is 9.11. The molecule has 1 aliphatic heterocycles. The van der Waals surface area contributed by atoms with Crippen LogP contribution in [0.1, 0.15) is 36.6 Å². The Balaban J connectivity index is 1.46. The number of nitrogens with zero attached hydrogens (tertiary/aromatic N) is 2. The summed E-state index contributed by atoms with van der Waals surface area (Å²) in [6.45, 7) is 4.21. The van der Waals surface area contributed by atoms with E-state index < -0.39 is 12.0 Å². The van der Waals surface area contributed by atoms with Crippen molar-refractivity contribution in [2.24, 2.45) is 4.99 Å². The van der Waals surface area contributed by atoms with Gasteiger partial charge in [-0.1, -0.05) is 84.1 Å². The van der Waals surface area contributed by atoms with E-state index in [1.54, 1.807) is 18.4 Å². The molecule has 4 aromatic carbocycles. The molecule has 1 atom stereocenters. The van der Waals surface area contributed by atoms with E-state index in [0.29, 0.717) is 33.0 Å². The van der Waals surface area contributed by atoms with E-state index in [2.05, 4.69) is 31.9 Å². The van der Waals surface area contributed by atoms with Crippen LogP contribution in [0.15, 0.2) is 115 Å². The highest BCUT2D eigenvalue weighted by Gasteiger charge is 2.34. The number of fused-ring (bicyclic) bond motifs is 2. The van der Waals surface area contributed by atoms with Crippen molar-refractivity contribution >= 4 is 66.0 Å². The maximum absolute atomic E-state index is 14.1. The quantitative estimate of drug-likeness (QED) is 0.169. The number of halogens is 2. The van der Waals surface area contributed by atoms with Crippen molar-refractivity contribution in [3.63, 3.8) is 0 Å². The van der Waals surface area contributed by atoms with E-state index in [1.807, 2.05) is 91.0 Å². The Morgan fingerprint density at radius 3 is 2.44 bits per heavy atom. The number of aromatic nitrogens is 1. The lowest BCUT2D eigenvalue weighted by Crippen LogP contribution is -2.40. The molecular weight excluding hydrogens is 692 g/mol. The second-order valence-electron chi connectivity index (χ2n) is 9.96. The Morgan fingerprint density at radius 1 is 1.00 bits per heavy atom. The zero-order valence-electron chi connectivity index (χ0n) is 23.3. The highest BCUT2D eigenvalue weighted by atomic mass is 79.9. The van der Waals surface area contributed by atoms with Crippen LogP contribution in [0, 0.1) is 0 Å². The van der Waals surface area contributed by atoms with Crippen LogP contribution < -0.4 is 19.6 Å². The van der Waals surface area contributed by atoms with Gasteiger partial charge < -0.3 is 9.47 Å². The van der Waals surface area contributed by atoms with Gasteiger partial charge in [-0.25, -0.2) is 9.79 Å². The molecule has 0 unspecified atom stereocenters. The predicted octanol–water partition coefficient (Wildman–Crippen LogP) is 7.06. The molecule has 0 aliphatic carbocycles. The summed E-state index contributed by atoms with van der Waals surface area (Å²) in [6.07, 6.45) is 1.84. The van der Waals surface area contributed by atoms with Crippen LogP contribution in [0.5, 0.6) is 5.75 Å². The van der Waals surface area contributed by atoms with Gasteiger partial charge in [0.15, 0.2) is 4.80 Å². The van der Waals surface area contributed by atoms with E-state index >= 15 is 0 Å². The van der Waals surface area contributed by atoms with Crippen molar-refractivity contribution in [2.45, 2.75) is 26.5 Å². The first kappa shape index (κ1) is 29.3. The maximum atomic E-state index is 14.1. The molecule has 5 aromatic rings. The molecule has 43 heavy (non-hydrogen) atoms. The van der Waals surface area contributed by atoms with E-state index in [-0.39, 0.29) is 12.2 Å². The molecule has 0 saturated heterocycles. The Morgan fingerprint density at radius 2 is 1.70 bits per heavy atom. The summed E-state index contributed by atoms with van der Waals surface area (Å²) in [4.78, 5) is 32.7. The number of esters is 1. The molecule has 216 valence electrons. The number of hydrogen-bond donors (Lipinski definition) is 0. The standard InChI is InChI=1S/C34H26Br2N2O4S/c1-3-41-33(40)29-20(2)37-34-38(30(29)25-15-9-13-23-12-7-8-14-24(23)25)32(39)28(43-34)18-22-16-26(35)31(27(36)17-22)42-19-21-10-5-4-6-11-21/h4-18,30H,3,19H2,1-2H3/b28-18+/t30-/m1/s1. The largest absolute Gasteiger partial charge is 0.487 e. The number of thiazole rings is 1. The van der Waals surface area contributed by atoms with Gasteiger partial charge in [-0.2, -0.15) is 0 Å². The SMILES string of the molecule is CCOC(=O)C1=C(C)N=c2s/c(=C/c3cc(Br)c(OCc4ccccc4)c(Br)c3)c(=O)n2[C@@H]1c1cccc2ccccc12. The first-order valence-electron chi connectivity index (χ1n) is 13.7. The normalized spacial score (nSPS) is 14.9. The van der Waals surface area contributed by atoms with Gasteiger partial charge in [0.25, 0.3) is 5.56 Å². The van der Waals surface area contributed by atoms with Gasteiger partial charge in [-0.15, -0.1) is 0 Å². The minimum atomic E-state index is -0.684. The zero-order valence-corrected chi connectivity index (χ0v) is 27.3. The van der Waals surface area contributed by atoms with Crippen LogP contribution in [-0.2, 0) is 16.1 Å². The van der Waals surface area contributed by atoms with E-state index in [9.17, 15) is 9.59 Å². The molecule has 9 heteroatoms. The molecule has 2 heterocycles. The number of rotatable bonds is 7. The first-order chi connectivity index (χ1) is 20.9. The van der Waals surface area contributed by atoms with Gasteiger partial charge in [0.05, 0.1) is 37.4 Å². The van der Waals surface area contributed by atoms with Gasteiger partial charge in [0, 0.05) is 0 Å². The van der Waals surface area contributed by atoms with Gasteiger partial charge >= 0.3 is 5.97 Å². The zero-order chi connectivity index (χ0) is 30.1. The summed E-state index contributed by atoms with van der Waals surface area (Å²) in [6, 6.07) is 27.0. The third-order valence-electron chi connectivity index (χ3n) is 7.18. The van der Waals surface area contributed by atoms with Gasteiger partial charge in [-0.3, -0.25) is 9.36 Å². The predicted molar refractivity (Wildman–Crippen MR) is 177 cm³/mol. The molecule has 1 aromatic heterocycles.